The summed E-state index contributed by atoms with van der Waals surface area (Å²) in [5.41, 5.74) is -0.0956. The number of nitrogens with one attached hydrogen (secondary N) is 2. The first-order valence-electron chi connectivity index (χ1n) is 7.96. The molecule has 2 N–H and O–H groups in total. The lowest BCUT2D eigenvalue weighted by molar-refractivity contribution is -0.130. The van der Waals surface area contributed by atoms with E-state index in [9.17, 15) is 27.6 Å². The van der Waals surface area contributed by atoms with Crippen molar-refractivity contribution < 1.29 is 32.3 Å². The SMILES string of the molecule is Cc1nc(C)c(C(=O)O[C@H](C)C(=O)NCC(=O)Nc2ccc(F)c(F)c2F)s1. The van der Waals surface area contributed by atoms with E-state index in [-0.39, 0.29) is 4.88 Å². The van der Waals surface area contributed by atoms with E-state index in [1.807, 2.05) is 5.32 Å². The number of anilines is 1. The summed E-state index contributed by atoms with van der Waals surface area (Å²) < 4.78 is 44.5. The van der Waals surface area contributed by atoms with E-state index in [2.05, 4.69) is 10.3 Å². The number of aryl methyl sites for hydroxylation is 2. The van der Waals surface area contributed by atoms with Gasteiger partial charge in [0.1, 0.15) is 4.88 Å². The van der Waals surface area contributed by atoms with Crippen LogP contribution in [0.1, 0.15) is 27.3 Å². The molecule has 0 aliphatic carbocycles. The molecule has 0 aliphatic heterocycles. The highest BCUT2D eigenvalue weighted by Gasteiger charge is 2.23. The molecule has 0 spiro atoms. The molecule has 0 radical (unpaired) electrons. The molecule has 1 aromatic heterocycles. The average Bonchev–Trinajstić information content (AvgIpc) is 2.98. The van der Waals surface area contributed by atoms with Crippen LogP contribution in [0.3, 0.4) is 0 Å². The van der Waals surface area contributed by atoms with E-state index >= 15 is 0 Å². The molecule has 1 heterocycles. The van der Waals surface area contributed by atoms with E-state index in [1.165, 1.54) is 6.92 Å². The predicted octanol–water partition coefficient (Wildman–Crippen LogP) is 2.48. The number of ether oxygens (including phenoxy) is 1. The van der Waals surface area contributed by atoms with Crippen LogP contribution < -0.4 is 10.6 Å². The molecule has 2 amide bonds. The van der Waals surface area contributed by atoms with E-state index in [4.69, 9.17) is 4.74 Å². The Morgan fingerprint density at radius 1 is 1.18 bits per heavy atom. The van der Waals surface area contributed by atoms with Crippen molar-refractivity contribution in [1.82, 2.24) is 10.3 Å². The predicted molar refractivity (Wildman–Crippen MR) is 94.4 cm³/mol. The molecule has 0 aliphatic rings. The number of carbonyl (C=O) groups is 3. The lowest BCUT2D eigenvalue weighted by atomic mass is 10.2. The molecule has 0 saturated heterocycles. The van der Waals surface area contributed by atoms with Gasteiger partial charge in [-0.3, -0.25) is 9.59 Å². The number of esters is 1. The first kappa shape index (κ1) is 21.4. The lowest BCUT2D eigenvalue weighted by Crippen LogP contribution is -2.40. The van der Waals surface area contributed by atoms with Gasteiger partial charge in [0.05, 0.1) is 22.9 Å². The molecule has 0 fully saturated rings. The largest absolute Gasteiger partial charge is 0.448 e. The van der Waals surface area contributed by atoms with Crippen LogP contribution in [0, 0.1) is 31.3 Å². The number of nitrogens with zero attached hydrogens (tertiary/aromatic N) is 1. The van der Waals surface area contributed by atoms with Crippen LogP contribution in [0.25, 0.3) is 0 Å². The van der Waals surface area contributed by atoms with Crippen LogP contribution in [0.2, 0.25) is 0 Å². The van der Waals surface area contributed by atoms with Crippen molar-refractivity contribution in [3.05, 3.63) is 45.2 Å². The molecule has 150 valence electrons. The Labute approximate surface area is 161 Å². The number of hydrogen-bond donors (Lipinski definition) is 2. The first-order valence-corrected chi connectivity index (χ1v) is 8.77. The summed E-state index contributed by atoms with van der Waals surface area (Å²) in [4.78, 5) is 40.1. The molecule has 2 aromatic rings. The van der Waals surface area contributed by atoms with Gasteiger partial charge in [0, 0.05) is 0 Å². The molecule has 0 unspecified atom stereocenters. The van der Waals surface area contributed by atoms with Crippen molar-refractivity contribution in [2.75, 3.05) is 11.9 Å². The van der Waals surface area contributed by atoms with Gasteiger partial charge in [0.2, 0.25) is 5.91 Å². The number of rotatable bonds is 6. The minimum Gasteiger partial charge on any atom is -0.448 e. The fourth-order valence-corrected chi connectivity index (χ4v) is 2.92. The lowest BCUT2D eigenvalue weighted by Gasteiger charge is -2.13. The molecule has 0 saturated carbocycles. The Bertz CT molecular complexity index is 933. The Morgan fingerprint density at radius 2 is 1.86 bits per heavy atom. The standard InChI is InChI=1S/C17H16F3N3O4S/c1-7-15(28-9(3)22-7)17(26)27-8(2)16(25)21-6-12(24)23-11-5-4-10(18)13(19)14(11)20/h4-5,8H,6H2,1-3H3,(H,21,25)(H,23,24)/t8-/m1/s1. The summed E-state index contributed by atoms with van der Waals surface area (Å²) in [6.07, 6.45) is -1.21. The number of amides is 2. The molecule has 7 nitrogen and oxygen atoms in total. The third-order valence-electron chi connectivity index (χ3n) is 3.47. The molecule has 2 rings (SSSR count). The zero-order valence-electron chi connectivity index (χ0n) is 15.1. The quantitative estimate of drug-likeness (QED) is 0.558. The fraction of sp³-hybridized carbons (Fsp3) is 0.294. The number of hydrogen-bond acceptors (Lipinski definition) is 6. The summed E-state index contributed by atoms with van der Waals surface area (Å²) in [6, 6.07) is 1.49. The monoisotopic (exact) mass is 415 g/mol. The number of carbonyl (C=O) groups excluding carboxylic acids is 3. The number of halogens is 3. The zero-order valence-corrected chi connectivity index (χ0v) is 15.9. The van der Waals surface area contributed by atoms with Crippen LogP contribution >= 0.6 is 11.3 Å². The van der Waals surface area contributed by atoms with Gasteiger partial charge >= 0.3 is 5.97 Å². The van der Waals surface area contributed by atoms with E-state index < -0.39 is 53.6 Å². The van der Waals surface area contributed by atoms with Crippen LogP contribution in [-0.2, 0) is 14.3 Å². The number of thiazole rings is 1. The third-order valence-corrected chi connectivity index (χ3v) is 4.53. The minimum atomic E-state index is -1.73. The van der Waals surface area contributed by atoms with E-state index in [0.29, 0.717) is 16.8 Å². The second kappa shape index (κ2) is 8.83. The normalized spacial score (nSPS) is 11.6. The summed E-state index contributed by atoms with van der Waals surface area (Å²) in [6.45, 7) is 4.06. The van der Waals surface area contributed by atoms with Crippen molar-refractivity contribution in [1.29, 1.82) is 0 Å². The maximum absolute atomic E-state index is 13.5. The Morgan fingerprint density at radius 3 is 2.46 bits per heavy atom. The first-order chi connectivity index (χ1) is 13.1. The van der Waals surface area contributed by atoms with Crippen molar-refractivity contribution in [2.45, 2.75) is 26.9 Å². The average molecular weight is 415 g/mol. The second-order valence-corrected chi connectivity index (χ2v) is 6.89. The van der Waals surface area contributed by atoms with Crippen LogP contribution in [-0.4, -0.2) is 35.4 Å². The Balaban J connectivity index is 1.87. The van der Waals surface area contributed by atoms with Crippen LogP contribution in [0.4, 0.5) is 18.9 Å². The summed E-state index contributed by atoms with van der Waals surface area (Å²) in [5.74, 6) is -7.06. The third kappa shape index (κ3) is 5.06. The summed E-state index contributed by atoms with van der Waals surface area (Å²) in [7, 11) is 0. The van der Waals surface area contributed by atoms with Gasteiger partial charge in [0.25, 0.3) is 5.91 Å². The molecular formula is C17H16F3N3O4S. The maximum Gasteiger partial charge on any atom is 0.351 e. The highest BCUT2D eigenvalue weighted by molar-refractivity contribution is 7.13. The molecule has 0 bridgehead atoms. The van der Waals surface area contributed by atoms with Crippen molar-refractivity contribution in [3.63, 3.8) is 0 Å². The minimum absolute atomic E-state index is 0.267. The number of benzene rings is 1. The van der Waals surface area contributed by atoms with Gasteiger partial charge in [-0.1, -0.05) is 0 Å². The van der Waals surface area contributed by atoms with Gasteiger partial charge in [-0.15, -0.1) is 11.3 Å². The Kier molecular flexibility index (Phi) is 6.73. The van der Waals surface area contributed by atoms with Crippen LogP contribution in [0.15, 0.2) is 12.1 Å². The molecule has 1 aromatic carbocycles. The topological polar surface area (TPSA) is 97.4 Å². The highest BCUT2D eigenvalue weighted by atomic mass is 32.1. The van der Waals surface area contributed by atoms with Gasteiger partial charge < -0.3 is 15.4 Å². The van der Waals surface area contributed by atoms with Crippen molar-refractivity contribution in [3.8, 4) is 0 Å². The van der Waals surface area contributed by atoms with E-state index in [0.717, 1.165) is 17.4 Å². The van der Waals surface area contributed by atoms with Gasteiger partial charge in [0.15, 0.2) is 23.6 Å². The highest BCUT2D eigenvalue weighted by Crippen LogP contribution is 2.20. The smallest absolute Gasteiger partial charge is 0.351 e. The van der Waals surface area contributed by atoms with Gasteiger partial charge in [-0.05, 0) is 32.9 Å². The molecule has 11 heteroatoms. The molecule has 1 atom stereocenters. The van der Waals surface area contributed by atoms with Crippen molar-refractivity contribution in [2.24, 2.45) is 0 Å². The summed E-state index contributed by atoms with van der Waals surface area (Å²) >= 11 is 1.12. The maximum atomic E-state index is 13.5. The second-order valence-electron chi connectivity index (χ2n) is 5.68. The Hall–Kier alpha value is -2.95. The van der Waals surface area contributed by atoms with E-state index in [1.54, 1.807) is 13.8 Å². The van der Waals surface area contributed by atoms with Crippen molar-refractivity contribution >= 4 is 34.8 Å². The molecule has 28 heavy (non-hydrogen) atoms. The molecular weight excluding hydrogens is 399 g/mol. The van der Waals surface area contributed by atoms with Gasteiger partial charge in [-0.25, -0.2) is 22.9 Å². The van der Waals surface area contributed by atoms with Crippen LogP contribution in [0.5, 0.6) is 0 Å². The summed E-state index contributed by atoms with van der Waals surface area (Å²) in [5, 5.41) is 4.86. The number of aromatic nitrogens is 1. The fourth-order valence-electron chi connectivity index (χ4n) is 2.12. The van der Waals surface area contributed by atoms with Gasteiger partial charge in [-0.2, -0.15) is 0 Å². The zero-order chi connectivity index (χ0) is 21.0.